The number of carbonyl (C=O) groups excluding carboxylic acids is 1. The summed E-state index contributed by atoms with van der Waals surface area (Å²) in [5.41, 5.74) is 1.28. The van der Waals surface area contributed by atoms with Gasteiger partial charge in [-0.2, -0.15) is 0 Å². The molecule has 2 aromatic carbocycles. The number of benzene rings is 2. The lowest BCUT2D eigenvalue weighted by Crippen LogP contribution is -2.30. The highest BCUT2D eigenvalue weighted by Crippen LogP contribution is 2.35. The van der Waals surface area contributed by atoms with Crippen molar-refractivity contribution in [1.82, 2.24) is 9.55 Å². The normalized spacial score (nSPS) is 10.6. The highest BCUT2D eigenvalue weighted by molar-refractivity contribution is 6.32. The van der Waals surface area contributed by atoms with Crippen LogP contribution in [0.15, 0.2) is 47.3 Å². The number of aromatic nitrogens is 2. The fraction of sp³-hybridized carbons (Fsp3) is 0.227. The Kier molecular flexibility index (Phi) is 7.20. The van der Waals surface area contributed by atoms with Crippen LogP contribution in [0.3, 0.4) is 0 Å². The Bertz CT molecular complexity index is 1180. The molecule has 1 heterocycles. The third kappa shape index (κ3) is 5.18. The van der Waals surface area contributed by atoms with E-state index in [1.807, 2.05) is 6.92 Å². The molecular weight excluding hydrogens is 441 g/mol. The summed E-state index contributed by atoms with van der Waals surface area (Å²) >= 11 is 12.3. The highest BCUT2D eigenvalue weighted by Gasteiger charge is 2.17. The predicted molar refractivity (Wildman–Crippen MR) is 122 cm³/mol. The molecule has 0 aliphatic carbocycles. The molecule has 0 atom stereocenters. The average molecular weight is 462 g/mol. The summed E-state index contributed by atoms with van der Waals surface area (Å²) in [6, 6.07) is 11.5. The summed E-state index contributed by atoms with van der Waals surface area (Å²) in [4.78, 5) is 30.1. The molecule has 0 bridgehead atoms. The van der Waals surface area contributed by atoms with Gasteiger partial charge in [0.2, 0.25) is 5.91 Å². The third-order valence-electron chi connectivity index (χ3n) is 4.56. The van der Waals surface area contributed by atoms with E-state index in [2.05, 4.69) is 10.3 Å². The Balaban J connectivity index is 1.97. The van der Waals surface area contributed by atoms with E-state index in [0.29, 0.717) is 50.7 Å². The smallest absolute Gasteiger partial charge is 0.254 e. The molecule has 0 saturated carbocycles. The second kappa shape index (κ2) is 9.85. The average Bonchev–Trinajstić information content (AvgIpc) is 2.75. The van der Waals surface area contributed by atoms with E-state index in [1.54, 1.807) is 30.3 Å². The molecule has 9 heteroatoms. The van der Waals surface area contributed by atoms with Crippen LogP contribution < -0.4 is 20.3 Å². The Morgan fingerprint density at radius 1 is 1.10 bits per heavy atom. The van der Waals surface area contributed by atoms with E-state index in [1.165, 1.54) is 30.9 Å². The molecule has 3 aromatic rings. The van der Waals surface area contributed by atoms with Crippen molar-refractivity contribution in [3.63, 3.8) is 0 Å². The number of anilines is 1. The minimum absolute atomic E-state index is 0.259. The number of rotatable bonds is 7. The molecule has 31 heavy (non-hydrogen) atoms. The van der Waals surface area contributed by atoms with Crippen molar-refractivity contribution in [3.05, 3.63) is 68.6 Å². The molecule has 1 aromatic heterocycles. The maximum absolute atomic E-state index is 12.8. The lowest BCUT2D eigenvalue weighted by Gasteiger charge is -2.16. The Morgan fingerprint density at radius 3 is 2.48 bits per heavy atom. The standard InChI is InChI=1S/C22H21Cl2N3O4/c1-4-15-9-21(29)27(22(25-15)13-6-5-7-14(23)8-13)12-20(28)26-17-10-16(24)18(30-2)11-19(17)31-3/h5-11H,4,12H2,1-3H3,(H,26,28). The van der Waals surface area contributed by atoms with Crippen molar-refractivity contribution in [2.75, 3.05) is 19.5 Å². The van der Waals surface area contributed by atoms with Crippen molar-refractivity contribution >= 4 is 34.8 Å². The highest BCUT2D eigenvalue weighted by atomic mass is 35.5. The van der Waals surface area contributed by atoms with Crippen LogP contribution in [0.1, 0.15) is 12.6 Å². The molecule has 0 radical (unpaired) electrons. The molecule has 3 rings (SSSR count). The predicted octanol–water partition coefficient (Wildman–Crippen LogP) is 4.44. The number of halogens is 2. The summed E-state index contributed by atoms with van der Waals surface area (Å²) < 4.78 is 11.8. The fourth-order valence-corrected chi connectivity index (χ4v) is 3.46. The van der Waals surface area contributed by atoms with E-state index in [0.717, 1.165) is 0 Å². The summed E-state index contributed by atoms with van der Waals surface area (Å²) in [5.74, 6) is 0.699. The number of ether oxygens (including phenoxy) is 2. The van der Waals surface area contributed by atoms with E-state index in [-0.39, 0.29) is 12.1 Å². The first kappa shape index (κ1) is 22.7. The van der Waals surface area contributed by atoms with Crippen molar-refractivity contribution in [2.45, 2.75) is 19.9 Å². The topological polar surface area (TPSA) is 82.5 Å². The summed E-state index contributed by atoms with van der Waals surface area (Å²) in [7, 11) is 2.95. The molecule has 0 aliphatic rings. The lowest BCUT2D eigenvalue weighted by molar-refractivity contribution is -0.116. The van der Waals surface area contributed by atoms with E-state index >= 15 is 0 Å². The lowest BCUT2D eigenvalue weighted by atomic mass is 10.2. The molecule has 0 fully saturated rings. The number of hydrogen-bond donors (Lipinski definition) is 1. The molecule has 1 amide bonds. The van der Waals surface area contributed by atoms with Gasteiger partial charge in [0.05, 0.1) is 24.9 Å². The zero-order valence-electron chi connectivity index (χ0n) is 17.2. The maximum atomic E-state index is 12.8. The van der Waals surface area contributed by atoms with Gasteiger partial charge in [-0.25, -0.2) is 4.98 Å². The van der Waals surface area contributed by atoms with Gasteiger partial charge in [-0.05, 0) is 24.6 Å². The fourth-order valence-electron chi connectivity index (χ4n) is 3.03. The van der Waals surface area contributed by atoms with Gasteiger partial charge in [0.1, 0.15) is 23.9 Å². The van der Waals surface area contributed by atoms with Crippen LogP contribution in [0.2, 0.25) is 10.0 Å². The largest absolute Gasteiger partial charge is 0.495 e. The number of nitrogens with one attached hydrogen (secondary N) is 1. The zero-order valence-corrected chi connectivity index (χ0v) is 18.8. The third-order valence-corrected chi connectivity index (χ3v) is 5.09. The van der Waals surface area contributed by atoms with Crippen molar-refractivity contribution in [3.8, 4) is 22.9 Å². The Morgan fingerprint density at radius 2 is 1.84 bits per heavy atom. The molecule has 0 spiro atoms. The number of hydrogen-bond acceptors (Lipinski definition) is 5. The Hall–Kier alpha value is -3.03. The van der Waals surface area contributed by atoms with Crippen LogP contribution in [-0.2, 0) is 17.8 Å². The quantitative estimate of drug-likeness (QED) is 0.562. The minimum Gasteiger partial charge on any atom is -0.495 e. The first-order chi connectivity index (χ1) is 14.9. The number of aryl methyl sites for hydroxylation is 1. The van der Waals surface area contributed by atoms with Gasteiger partial charge in [-0.15, -0.1) is 0 Å². The second-order valence-corrected chi connectivity index (χ2v) is 7.44. The molecule has 0 saturated heterocycles. The summed E-state index contributed by atoms with van der Waals surface area (Å²) in [6.07, 6.45) is 0.581. The summed E-state index contributed by atoms with van der Waals surface area (Å²) in [5, 5.41) is 3.54. The van der Waals surface area contributed by atoms with Gasteiger partial charge in [0, 0.05) is 28.4 Å². The number of amides is 1. The van der Waals surface area contributed by atoms with Crippen LogP contribution in [0.5, 0.6) is 11.5 Å². The molecule has 0 aliphatic heterocycles. The van der Waals surface area contributed by atoms with Crippen LogP contribution in [0.4, 0.5) is 5.69 Å². The maximum Gasteiger partial charge on any atom is 0.254 e. The van der Waals surface area contributed by atoms with Gasteiger partial charge < -0.3 is 14.8 Å². The number of nitrogens with zero attached hydrogens (tertiary/aromatic N) is 2. The molecule has 7 nitrogen and oxygen atoms in total. The van der Waals surface area contributed by atoms with Crippen molar-refractivity contribution in [2.24, 2.45) is 0 Å². The van der Waals surface area contributed by atoms with E-state index in [9.17, 15) is 9.59 Å². The molecule has 162 valence electrons. The van der Waals surface area contributed by atoms with Crippen molar-refractivity contribution in [1.29, 1.82) is 0 Å². The van der Waals surface area contributed by atoms with Crippen LogP contribution in [0, 0.1) is 0 Å². The van der Waals surface area contributed by atoms with Gasteiger partial charge >= 0.3 is 0 Å². The Labute approximate surface area is 189 Å². The number of carbonyl (C=O) groups is 1. The van der Waals surface area contributed by atoms with Gasteiger partial charge in [0.25, 0.3) is 5.56 Å². The molecular formula is C22H21Cl2N3O4. The first-order valence-electron chi connectivity index (χ1n) is 9.44. The summed E-state index contributed by atoms with van der Waals surface area (Å²) in [6.45, 7) is 1.64. The van der Waals surface area contributed by atoms with Crippen LogP contribution in [0.25, 0.3) is 11.4 Å². The SMILES string of the molecule is CCc1cc(=O)n(CC(=O)Nc2cc(Cl)c(OC)cc2OC)c(-c2cccc(Cl)c2)n1. The van der Waals surface area contributed by atoms with E-state index < -0.39 is 5.91 Å². The van der Waals surface area contributed by atoms with Crippen LogP contribution in [-0.4, -0.2) is 29.7 Å². The zero-order chi connectivity index (χ0) is 22.5. The van der Waals surface area contributed by atoms with Gasteiger partial charge in [0.15, 0.2) is 0 Å². The second-order valence-electron chi connectivity index (χ2n) is 6.59. The molecule has 1 N–H and O–H groups in total. The van der Waals surface area contributed by atoms with Crippen molar-refractivity contribution < 1.29 is 14.3 Å². The van der Waals surface area contributed by atoms with Gasteiger partial charge in [-0.3, -0.25) is 14.2 Å². The minimum atomic E-state index is -0.448. The van der Waals surface area contributed by atoms with E-state index in [4.69, 9.17) is 32.7 Å². The monoisotopic (exact) mass is 461 g/mol. The van der Waals surface area contributed by atoms with Crippen LogP contribution >= 0.6 is 23.2 Å². The van der Waals surface area contributed by atoms with Gasteiger partial charge in [-0.1, -0.05) is 42.3 Å². The first-order valence-corrected chi connectivity index (χ1v) is 10.2. The molecule has 0 unspecified atom stereocenters. The number of methoxy groups -OCH3 is 2.